The van der Waals surface area contributed by atoms with E-state index in [1.807, 2.05) is 0 Å². The van der Waals surface area contributed by atoms with Gasteiger partial charge in [-0.3, -0.25) is 9.59 Å². The Morgan fingerprint density at radius 1 is 1.04 bits per heavy atom. The van der Waals surface area contributed by atoms with Crippen molar-refractivity contribution in [1.82, 2.24) is 10.2 Å². The molecule has 1 heterocycles. The molecule has 2 fully saturated rings. The van der Waals surface area contributed by atoms with Crippen molar-refractivity contribution in [1.29, 1.82) is 0 Å². The molecule has 1 saturated heterocycles. The summed E-state index contributed by atoms with van der Waals surface area (Å²) in [6.45, 7) is 1.11. The number of benzene rings is 1. The van der Waals surface area contributed by atoms with Crippen LogP contribution in [0.15, 0.2) is 24.3 Å². The number of hydrogen-bond acceptors (Lipinski definition) is 2. The lowest BCUT2D eigenvalue weighted by atomic mass is 9.96. The zero-order valence-corrected chi connectivity index (χ0v) is 13.3. The van der Waals surface area contributed by atoms with Gasteiger partial charge in [0.1, 0.15) is 5.82 Å². The topological polar surface area (TPSA) is 49.4 Å². The Bertz CT molecular complexity index is 567. The Kier molecular flexibility index (Phi) is 4.94. The van der Waals surface area contributed by atoms with Crippen molar-refractivity contribution in [3.63, 3.8) is 0 Å². The minimum absolute atomic E-state index is 0.0773. The van der Waals surface area contributed by atoms with Crippen LogP contribution in [-0.2, 0) is 4.79 Å². The number of hydrogen-bond donors (Lipinski definition) is 1. The molecule has 1 saturated carbocycles. The van der Waals surface area contributed by atoms with Crippen LogP contribution >= 0.6 is 0 Å². The summed E-state index contributed by atoms with van der Waals surface area (Å²) >= 11 is 0. The SMILES string of the molecule is O=C(NC1CCCC1)[C@@H]1CCCN(C(=O)c2ccc(F)cc2)C1. The van der Waals surface area contributed by atoms with Gasteiger partial charge < -0.3 is 10.2 Å². The molecule has 124 valence electrons. The standard InChI is InChI=1S/C18H23FN2O2/c19-15-9-7-13(8-10-15)18(23)21-11-3-4-14(12-21)17(22)20-16-5-1-2-6-16/h7-10,14,16H,1-6,11-12H2,(H,20,22)/t14-/m1/s1. The molecular weight excluding hydrogens is 295 g/mol. The highest BCUT2D eigenvalue weighted by Crippen LogP contribution is 2.22. The zero-order chi connectivity index (χ0) is 16.2. The van der Waals surface area contributed by atoms with Crippen LogP contribution < -0.4 is 5.32 Å². The highest BCUT2D eigenvalue weighted by molar-refractivity contribution is 5.94. The molecule has 1 aliphatic carbocycles. The highest BCUT2D eigenvalue weighted by Gasteiger charge is 2.30. The molecule has 2 aliphatic rings. The molecule has 23 heavy (non-hydrogen) atoms. The Morgan fingerprint density at radius 3 is 2.43 bits per heavy atom. The Labute approximate surface area is 136 Å². The molecule has 1 atom stereocenters. The first-order valence-electron chi connectivity index (χ1n) is 8.49. The van der Waals surface area contributed by atoms with E-state index in [1.54, 1.807) is 4.90 Å². The van der Waals surface area contributed by atoms with Crippen LogP contribution in [-0.4, -0.2) is 35.8 Å². The van der Waals surface area contributed by atoms with E-state index in [0.717, 1.165) is 25.7 Å². The van der Waals surface area contributed by atoms with Gasteiger partial charge >= 0.3 is 0 Å². The van der Waals surface area contributed by atoms with Crippen LogP contribution in [0, 0.1) is 11.7 Å². The van der Waals surface area contributed by atoms with Crippen molar-refractivity contribution in [2.24, 2.45) is 5.92 Å². The predicted molar refractivity (Wildman–Crippen MR) is 85.4 cm³/mol. The summed E-state index contributed by atoms with van der Waals surface area (Å²) < 4.78 is 13.0. The van der Waals surface area contributed by atoms with Gasteiger partial charge in [-0.25, -0.2) is 4.39 Å². The molecule has 1 aromatic rings. The first-order valence-corrected chi connectivity index (χ1v) is 8.49. The maximum absolute atomic E-state index is 13.0. The molecule has 0 bridgehead atoms. The van der Waals surface area contributed by atoms with E-state index < -0.39 is 0 Å². The normalized spacial score (nSPS) is 22.1. The molecule has 0 aromatic heterocycles. The van der Waals surface area contributed by atoms with Crippen molar-refractivity contribution in [3.8, 4) is 0 Å². The number of nitrogens with zero attached hydrogens (tertiary/aromatic N) is 1. The summed E-state index contributed by atoms with van der Waals surface area (Å²) in [7, 11) is 0. The molecule has 3 rings (SSSR count). The number of piperidine rings is 1. The number of likely N-dealkylation sites (tertiary alicyclic amines) is 1. The second kappa shape index (κ2) is 7.11. The summed E-state index contributed by atoms with van der Waals surface area (Å²) in [6.07, 6.45) is 6.16. The minimum Gasteiger partial charge on any atom is -0.353 e. The Morgan fingerprint density at radius 2 is 1.74 bits per heavy atom. The second-order valence-electron chi connectivity index (χ2n) is 6.59. The molecular formula is C18H23FN2O2. The van der Waals surface area contributed by atoms with Gasteiger partial charge in [0.25, 0.3) is 5.91 Å². The minimum atomic E-state index is -0.353. The average molecular weight is 318 g/mol. The van der Waals surface area contributed by atoms with Crippen molar-refractivity contribution in [2.75, 3.05) is 13.1 Å². The Balaban J connectivity index is 1.59. The van der Waals surface area contributed by atoms with Crippen molar-refractivity contribution in [2.45, 2.75) is 44.6 Å². The first kappa shape index (κ1) is 16.0. The third kappa shape index (κ3) is 3.89. The molecule has 0 unspecified atom stereocenters. The summed E-state index contributed by atoms with van der Waals surface area (Å²) in [5.74, 6) is -0.528. The maximum atomic E-state index is 13.0. The van der Waals surface area contributed by atoms with Gasteiger partial charge in [0.15, 0.2) is 0 Å². The molecule has 1 aromatic carbocycles. The lowest BCUT2D eigenvalue weighted by Gasteiger charge is -2.32. The monoisotopic (exact) mass is 318 g/mol. The van der Waals surface area contributed by atoms with E-state index in [4.69, 9.17) is 0 Å². The fourth-order valence-electron chi connectivity index (χ4n) is 3.54. The second-order valence-corrected chi connectivity index (χ2v) is 6.59. The summed E-state index contributed by atoms with van der Waals surface area (Å²) in [5, 5.41) is 3.13. The fourth-order valence-corrected chi connectivity index (χ4v) is 3.54. The van der Waals surface area contributed by atoms with Crippen LogP contribution in [0.3, 0.4) is 0 Å². The molecule has 0 spiro atoms. The van der Waals surface area contributed by atoms with E-state index in [2.05, 4.69) is 5.32 Å². The average Bonchev–Trinajstić information content (AvgIpc) is 3.08. The highest BCUT2D eigenvalue weighted by atomic mass is 19.1. The molecule has 4 nitrogen and oxygen atoms in total. The van der Waals surface area contributed by atoms with Crippen LogP contribution in [0.1, 0.15) is 48.9 Å². The van der Waals surface area contributed by atoms with Crippen molar-refractivity contribution >= 4 is 11.8 Å². The maximum Gasteiger partial charge on any atom is 0.253 e. The van der Waals surface area contributed by atoms with E-state index in [9.17, 15) is 14.0 Å². The molecule has 1 N–H and O–H groups in total. The lowest BCUT2D eigenvalue weighted by molar-refractivity contribution is -0.127. The first-order chi connectivity index (χ1) is 11.1. The quantitative estimate of drug-likeness (QED) is 0.931. The lowest BCUT2D eigenvalue weighted by Crippen LogP contribution is -2.47. The number of carbonyl (C=O) groups excluding carboxylic acids is 2. The molecule has 2 amide bonds. The summed E-state index contributed by atoms with van der Waals surface area (Å²) in [4.78, 5) is 26.6. The smallest absolute Gasteiger partial charge is 0.253 e. The number of carbonyl (C=O) groups is 2. The third-order valence-electron chi connectivity index (χ3n) is 4.87. The van der Waals surface area contributed by atoms with Gasteiger partial charge in [0.2, 0.25) is 5.91 Å². The van der Waals surface area contributed by atoms with Crippen LogP contribution in [0.5, 0.6) is 0 Å². The van der Waals surface area contributed by atoms with Gasteiger partial charge in [0.05, 0.1) is 5.92 Å². The number of nitrogens with one attached hydrogen (secondary N) is 1. The van der Waals surface area contributed by atoms with Gasteiger partial charge in [-0.05, 0) is 49.9 Å². The number of rotatable bonds is 3. The van der Waals surface area contributed by atoms with Gasteiger partial charge in [-0.15, -0.1) is 0 Å². The van der Waals surface area contributed by atoms with Gasteiger partial charge in [-0.2, -0.15) is 0 Å². The summed E-state index contributed by atoms with van der Waals surface area (Å²) in [6, 6.07) is 5.90. The van der Waals surface area contributed by atoms with Crippen LogP contribution in [0.2, 0.25) is 0 Å². The van der Waals surface area contributed by atoms with E-state index in [-0.39, 0.29) is 23.5 Å². The van der Waals surface area contributed by atoms with E-state index in [0.29, 0.717) is 24.7 Å². The molecule has 0 radical (unpaired) electrons. The van der Waals surface area contributed by atoms with Gasteiger partial charge in [0, 0.05) is 24.7 Å². The number of amides is 2. The fraction of sp³-hybridized carbons (Fsp3) is 0.556. The van der Waals surface area contributed by atoms with Gasteiger partial charge in [-0.1, -0.05) is 12.8 Å². The van der Waals surface area contributed by atoms with E-state index >= 15 is 0 Å². The third-order valence-corrected chi connectivity index (χ3v) is 4.87. The summed E-state index contributed by atoms with van der Waals surface area (Å²) in [5.41, 5.74) is 0.475. The van der Waals surface area contributed by atoms with Crippen LogP contribution in [0.4, 0.5) is 4.39 Å². The molecule has 5 heteroatoms. The largest absolute Gasteiger partial charge is 0.353 e. The molecule has 1 aliphatic heterocycles. The van der Waals surface area contributed by atoms with Crippen molar-refractivity contribution < 1.29 is 14.0 Å². The number of halogens is 1. The van der Waals surface area contributed by atoms with Crippen LogP contribution in [0.25, 0.3) is 0 Å². The van der Waals surface area contributed by atoms with E-state index in [1.165, 1.54) is 37.1 Å². The zero-order valence-electron chi connectivity index (χ0n) is 13.3. The Hall–Kier alpha value is -1.91. The van der Waals surface area contributed by atoms with Crippen molar-refractivity contribution in [3.05, 3.63) is 35.6 Å². The predicted octanol–water partition coefficient (Wildman–Crippen LogP) is 2.74.